The molecule has 0 aliphatic carbocycles. The highest BCUT2D eigenvalue weighted by Gasteiger charge is 2.50. The summed E-state index contributed by atoms with van der Waals surface area (Å²) in [4.78, 5) is 62.4. The van der Waals surface area contributed by atoms with Crippen LogP contribution in [0.4, 0.5) is 4.79 Å². The number of hydrogen-bond donors (Lipinski definition) is 8. The lowest BCUT2D eigenvalue weighted by molar-refractivity contribution is -0.149. The smallest absolute Gasteiger partial charge is 0.408 e. The van der Waals surface area contributed by atoms with Gasteiger partial charge in [0.25, 0.3) is 5.56 Å². The number of aliphatic hydroxyl groups excluding tert-OH is 3. The first-order valence-corrected chi connectivity index (χ1v) is 14.1. The van der Waals surface area contributed by atoms with Crippen LogP contribution in [0, 0.1) is 5.92 Å². The molecule has 1 unspecified atom stereocenters. The number of aromatic nitrogens is 2. The number of carbonyl (C=O) groups is 3. The SMILES string of the molecule is CC(C)C[C@H](NC(=O)OCc1ccccc1)C(=O)NCCCN[C@H](C(=O)O)[C@@H](O)C1O[C@@H](n2ccc(=O)[nH]c2=O)[C@H](O)[C@@H]1O. The first kappa shape index (κ1) is 34.4. The van der Waals surface area contributed by atoms with Gasteiger partial charge in [0, 0.05) is 18.8 Å². The molecule has 1 aromatic carbocycles. The minimum Gasteiger partial charge on any atom is -0.480 e. The van der Waals surface area contributed by atoms with Crippen molar-refractivity contribution in [3.63, 3.8) is 0 Å². The minimum atomic E-state index is -1.86. The topological polar surface area (TPSA) is 242 Å². The number of carboxylic acid groups (broad SMARTS) is 1. The van der Waals surface area contributed by atoms with Crippen LogP contribution in [-0.2, 0) is 25.7 Å². The van der Waals surface area contributed by atoms with E-state index in [-0.39, 0.29) is 32.0 Å². The zero-order valence-corrected chi connectivity index (χ0v) is 24.3. The molecular formula is C28H39N5O11. The summed E-state index contributed by atoms with van der Waals surface area (Å²) in [5.74, 6) is -1.86. The Balaban J connectivity index is 1.49. The molecular weight excluding hydrogens is 582 g/mol. The van der Waals surface area contributed by atoms with Gasteiger partial charge >= 0.3 is 17.8 Å². The van der Waals surface area contributed by atoms with Crippen LogP contribution in [-0.4, -0.2) is 97.5 Å². The van der Waals surface area contributed by atoms with Crippen LogP contribution in [0.3, 0.4) is 0 Å². The maximum Gasteiger partial charge on any atom is 0.408 e. The lowest BCUT2D eigenvalue weighted by Crippen LogP contribution is -2.54. The third-order valence-electron chi connectivity index (χ3n) is 6.89. The van der Waals surface area contributed by atoms with E-state index in [1.807, 2.05) is 37.0 Å². The molecule has 44 heavy (non-hydrogen) atoms. The van der Waals surface area contributed by atoms with E-state index >= 15 is 0 Å². The summed E-state index contributed by atoms with van der Waals surface area (Å²) in [6.45, 7) is 3.93. The van der Waals surface area contributed by atoms with Gasteiger partial charge in [0.1, 0.15) is 43.1 Å². The summed E-state index contributed by atoms with van der Waals surface area (Å²) in [7, 11) is 0. The standard InChI is InChI=1S/C28H39N5O11/c1-15(2)13-17(31-28(42)43-14-16-7-4-3-5-8-16)24(38)30-11-6-10-29-19(26(39)40)20(35)23-21(36)22(37)25(44-23)33-12-9-18(34)32-27(33)41/h3-5,7-9,12,15,17,19-23,25,29,35-37H,6,10-11,13-14H2,1-2H3,(H,30,38)(H,31,42)(H,39,40)(H,32,34,41)/t17-,19-,20+,21-,22+,23?,25+/m0/s1. The fourth-order valence-electron chi connectivity index (χ4n) is 4.66. The number of carboxylic acids is 1. The number of carbonyl (C=O) groups excluding carboxylic acids is 2. The van der Waals surface area contributed by atoms with Crippen molar-refractivity contribution in [3.8, 4) is 0 Å². The van der Waals surface area contributed by atoms with E-state index in [2.05, 4.69) is 16.0 Å². The summed E-state index contributed by atoms with van der Waals surface area (Å²) in [5, 5.41) is 49.1. The Morgan fingerprint density at radius 1 is 1.07 bits per heavy atom. The van der Waals surface area contributed by atoms with Crippen LogP contribution in [0.2, 0.25) is 0 Å². The van der Waals surface area contributed by atoms with E-state index in [0.29, 0.717) is 6.42 Å². The molecule has 1 fully saturated rings. The lowest BCUT2D eigenvalue weighted by Gasteiger charge is -2.27. The highest BCUT2D eigenvalue weighted by Crippen LogP contribution is 2.31. The molecule has 0 bridgehead atoms. The number of rotatable bonds is 15. The molecule has 3 rings (SSSR count). The Labute approximate surface area is 252 Å². The number of aromatic amines is 1. The molecule has 1 saturated heterocycles. The van der Waals surface area contributed by atoms with Crippen molar-refractivity contribution in [2.45, 2.75) is 76.0 Å². The van der Waals surface area contributed by atoms with Crippen molar-refractivity contribution in [2.24, 2.45) is 5.92 Å². The Kier molecular flexibility index (Phi) is 12.6. The zero-order valence-electron chi connectivity index (χ0n) is 24.3. The highest BCUT2D eigenvalue weighted by molar-refractivity contribution is 5.85. The second kappa shape index (κ2) is 16.1. The Bertz CT molecular complexity index is 1370. The minimum absolute atomic E-state index is 0.00385. The number of H-pyrrole nitrogens is 1. The van der Waals surface area contributed by atoms with E-state index in [0.717, 1.165) is 22.4 Å². The van der Waals surface area contributed by atoms with Crippen molar-refractivity contribution in [1.29, 1.82) is 0 Å². The second-order valence-electron chi connectivity index (χ2n) is 10.8. The predicted molar refractivity (Wildman–Crippen MR) is 153 cm³/mol. The van der Waals surface area contributed by atoms with Gasteiger partial charge in [-0.2, -0.15) is 0 Å². The molecule has 0 spiro atoms. The summed E-state index contributed by atoms with van der Waals surface area (Å²) in [5.41, 5.74) is -0.844. The van der Waals surface area contributed by atoms with Crippen LogP contribution in [0.25, 0.3) is 0 Å². The van der Waals surface area contributed by atoms with Gasteiger partial charge in [-0.05, 0) is 30.9 Å². The van der Waals surface area contributed by atoms with Gasteiger partial charge in [-0.3, -0.25) is 23.9 Å². The average molecular weight is 622 g/mol. The Hall–Kier alpha value is -4.09. The van der Waals surface area contributed by atoms with Crippen molar-refractivity contribution < 1.29 is 44.3 Å². The molecule has 2 amide bonds. The molecule has 16 heteroatoms. The molecule has 7 atom stereocenters. The van der Waals surface area contributed by atoms with Gasteiger partial charge in [-0.15, -0.1) is 0 Å². The number of benzene rings is 1. The number of ether oxygens (including phenoxy) is 2. The number of nitrogens with one attached hydrogen (secondary N) is 4. The van der Waals surface area contributed by atoms with E-state index in [9.17, 15) is 44.4 Å². The third kappa shape index (κ3) is 9.45. The van der Waals surface area contributed by atoms with Crippen molar-refractivity contribution in [1.82, 2.24) is 25.5 Å². The second-order valence-corrected chi connectivity index (χ2v) is 10.8. The lowest BCUT2D eigenvalue weighted by atomic mass is 9.99. The van der Waals surface area contributed by atoms with Crippen molar-refractivity contribution in [2.75, 3.05) is 13.1 Å². The van der Waals surface area contributed by atoms with Crippen molar-refractivity contribution in [3.05, 3.63) is 69.0 Å². The van der Waals surface area contributed by atoms with Gasteiger partial charge in [-0.1, -0.05) is 44.2 Å². The summed E-state index contributed by atoms with van der Waals surface area (Å²) in [6.07, 6.45) is -7.59. The molecule has 242 valence electrons. The number of hydrogen-bond acceptors (Lipinski definition) is 11. The zero-order chi connectivity index (χ0) is 32.4. The van der Waals surface area contributed by atoms with Gasteiger partial charge in [0.05, 0.1) is 0 Å². The van der Waals surface area contributed by atoms with Crippen LogP contribution >= 0.6 is 0 Å². The molecule has 2 heterocycles. The number of aliphatic carboxylic acids is 1. The van der Waals surface area contributed by atoms with E-state index < -0.39 is 71.9 Å². The Morgan fingerprint density at radius 2 is 1.77 bits per heavy atom. The molecule has 2 aromatic rings. The number of alkyl carbamates (subject to hydrolysis) is 1. The fraction of sp³-hybridized carbons (Fsp3) is 0.536. The number of nitrogens with zero attached hydrogens (tertiary/aromatic N) is 1. The van der Waals surface area contributed by atoms with Crippen molar-refractivity contribution >= 4 is 18.0 Å². The molecule has 16 nitrogen and oxygen atoms in total. The van der Waals surface area contributed by atoms with E-state index in [4.69, 9.17) is 9.47 Å². The fourth-order valence-corrected chi connectivity index (χ4v) is 4.66. The van der Waals surface area contributed by atoms with Crippen LogP contribution in [0.15, 0.2) is 52.2 Å². The Morgan fingerprint density at radius 3 is 2.41 bits per heavy atom. The highest BCUT2D eigenvalue weighted by atomic mass is 16.6. The predicted octanol–water partition coefficient (Wildman–Crippen LogP) is -1.59. The normalized spacial score (nSPS) is 21.8. The van der Waals surface area contributed by atoms with Gasteiger partial charge < -0.3 is 45.9 Å². The monoisotopic (exact) mass is 621 g/mol. The number of aliphatic hydroxyl groups is 3. The van der Waals surface area contributed by atoms with Crippen LogP contribution in [0.5, 0.6) is 0 Å². The molecule has 8 N–H and O–H groups in total. The van der Waals surface area contributed by atoms with Crippen LogP contribution in [0.1, 0.15) is 38.5 Å². The average Bonchev–Trinajstić information content (AvgIpc) is 3.26. The van der Waals surface area contributed by atoms with E-state index in [1.54, 1.807) is 12.1 Å². The first-order valence-electron chi connectivity index (χ1n) is 14.1. The van der Waals surface area contributed by atoms with Gasteiger partial charge in [-0.25, -0.2) is 9.59 Å². The third-order valence-corrected chi connectivity index (χ3v) is 6.89. The largest absolute Gasteiger partial charge is 0.480 e. The quantitative estimate of drug-likeness (QED) is 0.105. The molecule has 0 radical (unpaired) electrons. The van der Waals surface area contributed by atoms with Crippen LogP contribution < -0.4 is 27.2 Å². The molecule has 1 aromatic heterocycles. The summed E-state index contributed by atoms with van der Waals surface area (Å²) >= 11 is 0. The molecule has 0 saturated carbocycles. The maximum atomic E-state index is 12.8. The van der Waals surface area contributed by atoms with Gasteiger partial charge in [0.15, 0.2) is 6.23 Å². The number of amides is 2. The summed E-state index contributed by atoms with van der Waals surface area (Å²) in [6, 6.07) is 7.53. The van der Waals surface area contributed by atoms with E-state index in [1.165, 1.54) is 0 Å². The molecule has 1 aliphatic rings. The first-order chi connectivity index (χ1) is 20.9. The summed E-state index contributed by atoms with van der Waals surface area (Å²) < 4.78 is 11.5. The van der Waals surface area contributed by atoms with Gasteiger partial charge in [0.2, 0.25) is 5.91 Å². The maximum absolute atomic E-state index is 12.8. The molecule has 1 aliphatic heterocycles.